The molecule has 0 atom stereocenters. The molecule has 0 radical (unpaired) electrons. The fourth-order valence-electron chi connectivity index (χ4n) is 11.0. The summed E-state index contributed by atoms with van der Waals surface area (Å²) in [6, 6.07) is 89.7. The van der Waals surface area contributed by atoms with Gasteiger partial charge < -0.3 is 9.80 Å². The molecular weight excluding hydrogens is 761 g/mol. The Balaban J connectivity index is 1.03. The van der Waals surface area contributed by atoms with E-state index in [0.29, 0.717) is 0 Å². The molecular formula is C61H40N2. The minimum atomic E-state index is -0.512. The van der Waals surface area contributed by atoms with E-state index in [2.05, 4.69) is 252 Å². The normalized spacial score (nSPS) is 13.2. The highest BCUT2D eigenvalue weighted by molar-refractivity contribution is 6.19. The second-order valence-electron chi connectivity index (χ2n) is 16.8. The van der Waals surface area contributed by atoms with Gasteiger partial charge in [0.05, 0.1) is 22.5 Å². The number of anilines is 6. The topological polar surface area (TPSA) is 6.48 Å². The SMILES string of the molecule is c1ccc(C2(c3ccccc3)c3ccccc3-c3ccc(N(c4ccc(N5c6ccc7ccccc7c6-c6cccc7cccc5c67)cc4)c4cccc5ccccc45)cc32)cc1. The van der Waals surface area contributed by atoms with E-state index in [1.165, 1.54) is 88.2 Å². The van der Waals surface area contributed by atoms with Gasteiger partial charge in [0.25, 0.3) is 0 Å². The van der Waals surface area contributed by atoms with Crippen molar-refractivity contribution in [3.05, 3.63) is 265 Å². The zero-order valence-electron chi connectivity index (χ0n) is 34.5. The molecule has 0 unspecified atom stereocenters. The Labute approximate surface area is 367 Å². The Morgan fingerprint density at radius 2 is 0.921 bits per heavy atom. The molecule has 1 aliphatic heterocycles. The molecule has 0 aromatic heterocycles. The van der Waals surface area contributed by atoms with Crippen LogP contribution in [-0.2, 0) is 5.41 Å². The van der Waals surface area contributed by atoms with Gasteiger partial charge in [-0.15, -0.1) is 0 Å². The standard InChI is InChI=1S/C61H40N2/c1-3-21-44(22-4-1)61(45-23-5-2-6-24-45)54-29-12-11-27-51(54)52-38-37-48(40-55(52)61)62(56-30-14-18-41-16-7-9-25-49(41)56)46-33-35-47(36-34-46)63-57-31-15-20-43-19-13-28-53(59(43)57)60-50-26-10-8-17-42(50)32-39-58(60)63/h1-40H. The number of nitrogens with zero attached hydrogens (tertiary/aromatic N) is 2. The van der Waals surface area contributed by atoms with Gasteiger partial charge in [-0.05, 0) is 115 Å². The molecule has 63 heavy (non-hydrogen) atoms. The van der Waals surface area contributed by atoms with Crippen molar-refractivity contribution in [2.75, 3.05) is 9.80 Å². The Hall–Kier alpha value is -8.20. The molecule has 0 bridgehead atoms. The predicted octanol–water partition coefficient (Wildman–Crippen LogP) is 16.4. The van der Waals surface area contributed by atoms with Crippen molar-refractivity contribution in [2.45, 2.75) is 5.41 Å². The van der Waals surface area contributed by atoms with Gasteiger partial charge in [-0.25, -0.2) is 0 Å². The molecule has 2 aliphatic rings. The lowest BCUT2D eigenvalue weighted by Gasteiger charge is -2.35. The van der Waals surface area contributed by atoms with Gasteiger partial charge >= 0.3 is 0 Å². The third-order valence-corrected chi connectivity index (χ3v) is 13.6. The maximum atomic E-state index is 2.47. The van der Waals surface area contributed by atoms with E-state index < -0.39 is 5.41 Å². The van der Waals surface area contributed by atoms with Crippen molar-refractivity contribution in [1.82, 2.24) is 0 Å². The summed E-state index contributed by atoms with van der Waals surface area (Å²) < 4.78 is 0. The van der Waals surface area contributed by atoms with E-state index in [9.17, 15) is 0 Å². The highest BCUT2D eigenvalue weighted by Gasteiger charge is 2.46. The first-order valence-corrected chi connectivity index (χ1v) is 21.8. The summed E-state index contributed by atoms with van der Waals surface area (Å²) >= 11 is 0. The van der Waals surface area contributed by atoms with Gasteiger partial charge in [-0.1, -0.05) is 188 Å². The van der Waals surface area contributed by atoms with E-state index in [1.807, 2.05) is 0 Å². The second-order valence-corrected chi connectivity index (χ2v) is 16.8. The predicted molar refractivity (Wildman–Crippen MR) is 265 cm³/mol. The summed E-state index contributed by atoms with van der Waals surface area (Å²) in [6.45, 7) is 0. The zero-order valence-corrected chi connectivity index (χ0v) is 34.5. The third-order valence-electron chi connectivity index (χ3n) is 13.6. The smallest absolute Gasteiger partial charge is 0.0714 e. The Morgan fingerprint density at radius 1 is 0.349 bits per heavy atom. The molecule has 0 N–H and O–H groups in total. The van der Waals surface area contributed by atoms with Gasteiger partial charge in [0.15, 0.2) is 0 Å². The van der Waals surface area contributed by atoms with Crippen molar-refractivity contribution in [3.63, 3.8) is 0 Å². The third kappa shape index (κ3) is 5.19. The lowest BCUT2D eigenvalue weighted by molar-refractivity contribution is 0.768. The van der Waals surface area contributed by atoms with Crippen LogP contribution in [-0.4, -0.2) is 0 Å². The lowest BCUT2D eigenvalue weighted by atomic mass is 9.67. The van der Waals surface area contributed by atoms with Gasteiger partial charge in [0.2, 0.25) is 0 Å². The monoisotopic (exact) mass is 800 g/mol. The number of hydrogen-bond acceptors (Lipinski definition) is 2. The van der Waals surface area contributed by atoms with Crippen LogP contribution in [0.15, 0.2) is 243 Å². The van der Waals surface area contributed by atoms with Crippen LogP contribution in [0.5, 0.6) is 0 Å². The highest BCUT2D eigenvalue weighted by Crippen LogP contribution is 2.58. The summed E-state index contributed by atoms with van der Waals surface area (Å²) in [5, 5.41) is 7.44. The molecule has 11 aromatic rings. The molecule has 0 spiro atoms. The molecule has 1 heterocycles. The molecule has 2 heteroatoms. The van der Waals surface area contributed by atoms with Crippen molar-refractivity contribution in [2.24, 2.45) is 0 Å². The van der Waals surface area contributed by atoms with Crippen molar-refractivity contribution in [3.8, 4) is 22.3 Å². The summed E-state index contributed by atoms with van der Waals surface area (Å²) in [7, 11) is 0. The van der Waals surface area contributed by atoms with Gasteiger partial charge in [-0.3, -0.25) is 0 Å². The van der Waals surface area contributed by atoms with E-state index >= 15 is 0 Å². The molecule has 11 aromatic carbocycles. The van der Waals surface area contributed by atoms with Crippen LogP contribution in [0.3, 0.4) is 0 Å². The number of hydrogen-bond donors (Lipinski definition) is 0. The van der Waals surface area contributed by atoms with Crippen molar-refractivity contribution in [1.29, 1.82) is 0 Å². The van der Waals surface area contributed by atoms with E-state index in [-0.39, 0.29) is 0 Å². The average molecular weight is 801 g/mol. The first-order chi connectivity index (χ1) is 31.3. The van der Waals surface area contributed by atoms with Crippen LogP contribution in [0.25, 0.3) is 54.6 Å². The molecule has 294 valence electrons. The molecule has 0 fully saturated rings. The van der Waals surface area contributed by atoms with Crippen LogP contribution < -0.4 is 9.80 Å². The minimum absolute atomic E-state index is 0.512. The molecule has 13 rings (SSSR count). The molecule has 0 saturated heterocycles. The van der Waals surface area contributed by atoms with Crippen LogP contribution >= 0.6 is 0 Å². The maximum absolute atomic E-state index is 2.47. The molecule has 2 nitrogen and oxygen atoms in total. The van der Waals surface area contributed by atoms with Gasteiger partial charge in [0.1, 0.15) is 0 Å². The molecule has 0 amide bonds. The lowest BCUT2D eigenvalue weighted by Crippen LogP contribution is -2.28. The number of benzene rings is 11. The number of fused-ring (bicyclic) bond motifs is 8. The van der Waals surface area contributed by atoms with Crippen LogP contribution in [0.1, 0.15) is 22.3 Å². The second kappa shape index (κ2) is 13.9. The first kappa shape index (κ1) is 35.5. The molecule has 1 aliphatic carbocycles. The van der Waals surface area contributed by atoms with E-state index in [4.69, 9.17) is 0 Å². The van der Waals surface area contributed by atoms with Gasteiger partial charge in [-0.2, -0.15) is 0 Å². The van der Waals surface area contributed by atoms with Crippen molar-refractivity contribution < 1.29 is 0 Å². The van der Waals surface area contributed by atoms with E-state index in [1.54, 1.807) is 0 Å². The summed E-state index contributed by atoms with van der Waals surface area (Å²) in [6.07, 6.45) is 0. The summed E-state index contributed by atoms with van der Waals surface area (Å²) in [5.41, 5.74) is 16.5. The van der Waals surface area contributed by atoms with E-state index in [0.717, 1.165) is 22.7 Å². The largest absolute Gasteiger partial charge is 0.310 e. The van der Waals surface area contributed by atoms with Crippen molar-refractivity contribution >= 4 is 66.4 Å². The number of rotatable bonds is 6. The maximum Gasteiger partial charge on any atom is 0.0714 e. The Bertz CT molecular complexity index is 3520. The van der Waals surface area contributed by atoms with Crippen LogP contribution in [0.4, 0.5) is 34.1 Å². The highest BCUT2D eigenvalue weighted by atomic mass is 15.2. The fourth-order valence-corrected chi connectivity index (χ4v) is 11.0. The van der Waals surface area contributed by atoms with Gasteiger partial charge in [0, 0.05) is 33.4 Å². The quantitative estimate of drug-likeness (QED) is 0.165. The summed E-state index contributed by atoms with van der Waals surface area (Å²) in [4.78, 5) is 4.92. The average Bonchev–Trinajstić information content (AvgIpc) is 3.65. The zero-order chi connectivity index (χ0) is 41.5. The van der Waals surface area contributed by atoms with Crippen LogP contribution in [0, 0.1) is 0 Å². The minimum Gasteiger partial charge on any atom is -0.310 e. The Morgan fingerprint density at radius 3 is 1.70 bits per heavy atom. The Kier molecular flexibility index (Phi) is 7.85. The molecule has 0 saturated carbocycles. The summed E-state index contributed by atoms with van der Waals surface area (Å²) in [5.74, 6) is 0. The fraction of sp³-hybridized carbons (Fsp3) is 0.0164. The van der Waals surface area contributed by atoms with Crippen LogP contribution in [0.2, 0.25) is 0 Å². The first-order valence-electron chi connectivity index (χ1n) is 21.8.